The second-order valence-corrected chi connectivity index (χ2v) is 9.30. The van der Waals surface area contributed by atoms with Crippen molar-refractivity contribution in [3.63, 3.8) is 0 Å². The van der Waals surface area contributed by atoms with E-state index in [0.29, 0.717) is 29.3 Å². The summed E-state index contributed by atoms with van der Waals surface area (Å²) in [6.07, 6.45) is 11.0. The van der Waals surface area contributed by atoms with Gasteiger partial charge < -0.3 is 20.1 Å². The van der Waals surface area contributed by atoms with Crippen molar-refractivity contribution < 1.29 is 4.79 Å². The lowest BCUT2D eigenvalue weighted by molar-refractivity contribution is -0.135. The number of hydrogen-bond acceptors (Lipinski definition) is 4. The first kappa shape index (κ1) is 20.2. The van der Waals surface area contributed by atoms with Gasteiger partial charge in [0.05, 0.1) is 6.54 Å². The molecule has 5 rings (SSSR count). The lowest BCUT2D eigenvalue weighted by Gasteiger charge is -2.31. The summed E-state index contributed by atoms with van der Waals surface area (Å²) in [6, 6.07) is 0.425. The number of aromatic nitrogens is 2. The van der Waals surface area contributed by atoms with E-state index in [2.05, 4.69) is 32.0 Å². The maximum Gasteiger partial charge on any atom is 0.226 e. The van der Waals surface area contributed by atoms with Crippen LogP contribution < -0.4 is 10.6 Å². The molecule has 2 aliphatic heterocycles. The van der Waals surface area contributed by atoms with Crippen LogP contribution in [0.25, 0.3) is 0 Å². The Labute approximate surface area is 174 Å². The number of aryl methyl sites for hydroxylation is 1. The number of hydrogen-bond donors (Lipinski definition) is 2. The van der Waals surface area contributed by atoms with Crippen molar-refractivity contribution in [2.45, 2.75) is 64.6 Å². The molecule has 0 radical (unpaired) electrons. The molecule has 4 fully saturated rings. The molecule has 3 heterocycles. The third-order valence-electron chi connectivity index (χ3n) is 7.95. The Hall–Kier alpha value is -1.11. The molecule has 4 aliphatic rings. The van der Waals surface area contributed by atoms with Crippen molar-refractivity contribution in [1.29, 1.82) is 0 Å². The molecule has 28 heavy (non-hydrogen) atoms. The van der Waals surface area contributed by atoms with E-state index >= 15 is 0 Å². The molecule has 1 amide bonds. The van der Waals surface area contributed by atoms with Gasteiger partial charge in [0.15, 0.2) is 0 Å². The maximum absolute atomic E-state index is 13.7. The van der Waals surface area contributed by atoms with Crippen molar-refractivity contribution in [2.24, 2.45) is 16.7 Å². The highest BCUT2D eigenvalue weighted by Crippen LogP contribution is 2.62. The van der Waals surface area contributed by atoms with Crippen molar-refractivity contribution in [3.05, 3.63) is 18.2 Å². The molecule has 1 aromatic heterocycles. The highest BCUT2D eigenvalue weighted by molar-refractivity contribution is 5.85. The van der Waals surface area contributed by atoms with Gasteiger partial charge in [-0.2, -0.15) is 0 Å². The third kappa shape index (κ3) is 3.37. The van der Waals surface area contributed by atoms with Crippen LogP contribution in [0.15, 0.2) is 12.4 Å². The molecule has 0 aromatic carbocycles. The van der Waals surface area contributed by atoms with Crippen LogP contribution in [0.4, 0.5) is 0 Å². The molecule has 2 spiro atoms. The highest BCUT2D eigenvalue weighted by atomic mass is 35.5. The monoisotopic (exact) mass is 407 g/mol. The fourth-order valence-electron chi connectivity index (χ4n) is 5.88. The zero-order valence-corrected chi connectivity index (χ0v) is 17.8. The Morgan fingerprint density at radius 2 is 1.79 bits per heavy atom. The van der Waals surface area contributed by atoms with Crippen molar-refractivity contribution in [2.75, 3.05) is 26.2 Å². The molecule has 6 nitrogen and oxygen atoms in total. The van der Waals surface area contributed by atoms with E-state index in [1.54, 1.807) is 0 Å². The number of imidazole rings is 1. The minimum atomic E-state index is 0. The van der Waals surface area contributed by atoms with Crippen LogP contribution in [-0.2, 0) is 17.9 Å². The maximum atomic E-state index is 13.7. The number of nitrogens with zero attached hydrogens (tertiary/aromatic N) is 3. The van der Waals surface area contributed by atoms with Gasteiger partial charge >= 0.3 is 0 Å². The van der Waals surface area contributed by atoms with Gasteiger partial charge in [0.2, 0.25) is 5.91 Å². The quantitative estimate of drug-likeness (QED) is 0.785. The molecule has 7 heteroatoms. The van der Waals surface area contributed by atoms with Crippen LogP contribution in [0.1, 0.15) is 51.3 Å². The number of nitrogens with one attached hydrogen (secondary N) is 2. The molecule has 2 saturated carbocycles. The Bertz CT molecular complexity index is 707. The van der Waals surface area contributed by atoms with E-state index in [-0.39, 0.29) is 18.3 Å². The zero-order chi connectivity index (χ0) is 18.5. The van der Waals surface area contributed by atoms with Crippen LogP contribution in [0, 0.1) is 16.7 Å². The SMILES string of the molecule is CCn1ccnc1CN(C(=O)C1CC12CCNCC2)C1CC12CCNCC2.Cl. The summed E-state index contributed by atoms with van der Waals surface area (Å²) in [4.78, 5) is 20.5. The zero-order valence-electron chi connectivity index (χ0n) is 17.0. The Morgan fingerprint density at radius 1 is 1.14 bits per heavy atom. The molecule has 2 N–H and O–H groups in total. The second kappa shape index (κ2) is 7.62. The first-order chi connectivity index (χ1) is 13.2. The smallest absolute Gasteiger partial charge is 0.226 e. The number of rotatable bonds is 5. The average Bonchev–Trinajstić information content (AvgIpc) is 3.51. The summed E-state index contributed by atoms with van der Waals surface area (Å²) in [6.45, 7) is 8.09. The molecule has 1 aromatic rings. The Balaban J connectivity index is 0.00000192. The van der Waals surface area contributed by atoms with Gasteiger partial charge in [-0.15, -0.1) is 12.4 Å². The lowest BCUT2D eigenvalue weighted by atomic mass is 9.91. The Kier molecular flexibility index (Phi) is 5.49. The Morgan fingerprint density at radius 3 is 2.43 bits per heavy atom. The van der Waals surface area contributed by atoms with Gasteiger partial charge in [-0.25, -0.2) is 4.98 Å². The molecular formula is C21H34ClN5O. The van der Waals surface area contributed by atoms with Crippen LogP contribution >= 0.6 is 12.4 Å². The largest absolute Gasteiger partial charge is 0.334 e. The van der Waals surface area contributed by atoms with Crippen LogP contribution in [0.5, 0.6) is 0 Å². The first-order valence-corrected chi connectivity index (χ1v) is 10.9. The number of amides is 1. The molecule has 2 atom stereocenters. The molecular weight excluding hydrogens is 374 g/mol. The van der Waals surface area contributed by atoms with E-state index in [1.165, 1.54) is 32.1 Å². The van der Waals surface area contributed by atoms with Gasteiger partial charge in [-0.05, 0) is 82.5 Å². The fraction of sp³-hybridized carbons (Fsp3) is 0.810. The first-order valence-electron chi connectivity index (χ1n) is 10.9. The second-order valence-electron chi connectivity index (χ2n) is 9.30. The van der Waals surface area contributed by atoms with Gasteiger partial charge in [-0.1, -0.05) is 0 Å². The van der Waals surface area contributed by atoms with Gasteiger partial charge in [-0.3, -0.25) is 4.79 Å². The van der Waals surface area contributed by atoms with E-state index in [4.69, 9.17) is 0 Å². The molecule has 2 saturated heterocycles. The van der Waals surface area contributed by atoms with Crippen LogP contribution in [-0.4, -0.2) is 52.6 Å². The summed E-state index contributed by atoms with van der Waals surface area (Å²) in [5.41, 5.74) is 0.678. The van der Waals surface area contributed by atoms with Crippen molar-refractivity contribution >= 4 is 18.3 Å². The van der Waals surface area contributed by atoms with E-state index in [9.17, 15) is 4.79 Å². The number of piperidine rings is 2. The van der Waals surface area contributed by atoms with Crippen molar-refractivity contribution in [1.82, 2.24) is 25.1 Å². The molecule has 2 unspecified atom stereocenters. The van der Waals surface area contributed by atoms with Gasteiger partial charge in [0.1, 0.15) is 5.82 Å². The van der Waals surface area contributed by atoms with Gasteiger partial charge in [0.25, 0.3) is 0 Å². The van der Waals surface area contributed by atoms with Crippen LogP contribution in [0.3, 0.4) is 0 Å². The van der Waals surface area contributed by atoms with Gasteiger partial charge in [0, 0.05) is 30.9 Å². The van der Waals surface area contributed by atoms with E-state index in [1.807, 2.05) is 12.4 Å². The fourth-order valence-corrected chi connectivity index (χ4v) is 5.88. The summed E-state index contributed by atoms with van der Waals surface area (Å²) in [5.74, 6) is 1.72. The topological polar surface area (TPSA) is 62.2 Å². The predicted molar refractivity (Wildman–Crippen MR) is 111 cm³/mol. The van der Waals surface area contributed by atoms with Crippen LogP contribution in [0.2, 0.25) is 0 Å². The minimum absolute atomic E-state index is 0. The number of halogens is 1. The summed E-state index contributed by atoms with van der Waals surface area (Å²) in [7, 11) is 0. The lowest BCUT2D eigenvalue weighted by Crippen LogP contribution is -2.41. The number of carbonyl (C=O) groups is 1. The summed E-state index contributed by atoms with van der Waals surface area (Å²) >= 11 is 0. The molecule has 2 aliphatic carbocycles. The summed E-state index contributed by atoms with van der Waals surface area (Å²) < 4.78 is 2.19. The third-order valence-corrected chi connectivity index (χ3v) is 7.95. The standard InChI is InChI=1S/C21H33N5O.ClH/c1-2-25-12-11-24-18(25)15-26(17-14-21(17)5-9-23-10-6-21)19(27)16-13-20(16)3-7-22-8-4-20;/h11-12,16-17,22-23H,2-10,13-15H2,1H3;1H. The van der Waals surface area contributed by atoms with Crippen molar-refractivity contribution in [3.8, 4) is 0 Å². The predicted octanol–water partition coefficient (Wildman–Crippen LogP) is 2.19. The van der Waals surface area contributed by atoms with E-state index in [0.717, 1.165) is 45.0 Å². The molecule has 0 bridgehead atoms. The number of carbonyl (C=O) groups excluding carboxylic acids is 1. The normalized spacial score (nSPS) is 29.3. The average molecular weight is 408 g/mol. The molecule has 156 valence electrons. The minimum Gasteiger partial charge on any atom is -0.334 e. The van der Waals surface area contributed by atoms with E-state index < -0.39 is 0 Å². The highest BCUT2D eigenvalue weighted by Gasteiger charge is 2.63. The summed E-state index contributed by atoms with van der Waals surface area (Å²) in [5, 5.41) is 6.94.